The minimum atomic E-state index is -3.66. The minimum Gasteiger partial charge on any atom is -0.354 e. The number of hydrogen-bond donors (Lipinski definition) is 2. The molecule has 1 aromatic heterocycles. The van der Waals surface area contributed by atoms with Crippen LogP contribution in [-0.4, -0.2) is 25.4 Å². The van der Waals surface area contributed by atoms with Crippen LogP contribution in [0, 0.1) is 0 Å². The van der Waals surface area contributed by atoms with Gasteiger partial charge in [0.25, 0.3) is 10.0 Å². The molecular weight excluding hydrogens is 418 g/mol. The van der Waals surface area contributed by atoms with E-state index in [1.807, 2.05) is 25.1 Å². The Balaban J connectivity index is 1.44. The first-order chi connectivity index (χ1) is 14.4. The molecule has 0 spiro atoms. The van der Waals surface area contributed by atoms with E-state index in [-0.39, 0.29) is 16.8 Å². The second-order valence-electron chi connectivity index (χ2n) is 7.06. The Labute approximate surface area is 181 Å². The molecule has 158 valence electrons. The average Bonchev–Trinajstić information content (AvgIpc) is 3.19. The Morgan fingerprint density at radius 2 is 1.70 bits per heavy atom. The van der Waals surface area contributed by atoms with Crippen LogP contribution in [0.3, 0.4) is 0 Å². The van der Waals surface area contributed by atoms with Crippen molar-refractivity contribution in [2.45, 2.75) is 43.5 Å². The molecular formula is C22H25N3O3S2. The van der Waals surface area contributed by atoms with E-state index in [9.17, 15) is 13.2 Å². The van der Waals surface area contributed by atoms with E-state index in [4.69, 9.17) is 0 Å². The van der Waals surface area contributed by atoms with E-state index in [0.29, 0.717) is 23.7 Å². The van der Waals surface area contributed by atoms with Gasteiger partial charge >= 0.3 is 0 Å². The van der Waals surface area contributed by atoms with E-state index in [1.54, 1.807) is 23.6 Å². The smallest absolute Gasteiger partial charge is 0.263 e. The minimum absolute atomic E-state index is 0.0324. The summed E-state index contributed by atoms with van der Waals surface area (Å²) < 4.78 is 27.2. The second kappa shape index (κ2) is 10.4. The summed E-state index contributed by atoms with van der Waals surface area (Å²) in [6, 6.07) is 18.4. The van der Waals surface area contributed by atoms with Crippen molar-refractivity contribution in [3.8, 4) is 0 Å². The largest absolute Gasteiger partial charge is 0.354 e. The first kappa shape index (κ1) is 22.0. The Kier molecular flexibility index (Phi) is 7.59. The number of benzene rings is 2. The van der Waals surface area contributed by atoms with Gasteiger partial charge in [0.15, 0.2) is 5.13 Å². The van der Waals surface area contributed by atoms with E-state index in [1.165, 1.54) is 29.0 Å². The van der Waals surface area contributed by atoms with Crippen molar-refractivity contribution in [1.29, 1.82) is 0 Å². The Morgan fingerprint density at radius 3 is 2.40 bits per heavy atom. The topological polar surface area (TPSA) is 88.2 Å². The van der Waals surface area contributed by atoms with Gasteiger partial charge in [-0.25, -0.2) is 13.4 Å². The van der Waals surface area contributed by atoms with Crippen molar-refractivity contribution in [3.05, 3.63) is 77.3 Å². The number of aryl methyl sites for hydroxylation is 2. The predicted octanol–water partition coefficient (Wildman–Crippen LogP) is 4.01. The standard InChI is InChI=1S/C22H25N3O3S2/c1-17(12-13-18-8-4-2-5-9-18)23-21(26)15-14-19-16-29-22(24-19)25-30(27,28)20-10-6-3-7-11-20/h2-11,16-17H,12-15H2,1H3,(H,23,26)(H,24,25). The highest BCUT2D eigenvalue weighted by atomic mass is 32.2. The lowest BCUT2D eigenvalue weighted by Gasteiger charge is -2.13. The lowest BCUT2D eigenvalue weighted by atomic mass is 10.1. The van der Waals surface area contributed by atoms with Gasteiger partial charge in [0.05, 0.1) is 10.6 Å². The molecule has 3 rings (SSSR count). The number of nitrogens with one attached hydrogen (secondary N) is 2. The molecule has 0 bridgehead atoms. The molecule has 0 fully saturated rings. The fraction of sp³-hybridized carbons (Fsp3) is 0.273. The molecule has 0 saturated heterocycles. The number of carbonyl (C=O) groups is 1. The van der Waals surface area contributed by atoms with Gasteiger partial charge in [-0.3, -0.25) is 9.52 Å². The highest BCUT2D eigenvalue weighted by Gasteiger charge is 2.16. The number of sulfonamides is 1. The molecule has 1 unspecified atom stereocenters. The molecule has 0 aliphatic carbocycles. The van der Waals surface area contributed by atoms with Crippen molar-refractivity contribution < 1.29 is 13.2 Å². The summed E-state index contributed by atoms with van der Waals surface area (Å²) in [4.78, 5) is 16.7. The van der Waals surface area contributed by atoms with Crippen LogP contribution in [0.5, 0.6) is 0 Å². The van der Waals surface area contributed by atoms with Gasteiger partial charge in [0.1, 0.15) is 0 Å². The SMILES string of the molecule is CC(CCc1ccccc1)NC(=O)CCc1csc(NS(=O)(=O)c2ccccc2)n1. The number of aromatic nitrogens is 1. The third-order valence-electron chi connectivity index (χ3n) is 4.55. The molecule has 2 aromatic carbocycles. The van der Waals surface area contributed by atoms with Gasteiger partial charge in [-0.2, -0.15) is 0 Å². The van der Waals surface area contributed by atoms with Gasteiger partial charge in [-0.05, 0) is 43.9 Å². The molecule has 1 heterocycles. The Hall–Kier alpha value is -2.71. The molecule has 1 amide bonds. The summed E-state index contributed by atoms with van der Waals surface area (Å²) in [5.74, 6) is -0.0324. The number of anilines is 1. The second-order valence-corrected chi connectivity index (χ2v) is 9.60. The van der Waals surface area contributed by atoms with Crippen LogP contribution >= 0.6 is 11.3 Å². The zero-order valence-corrected chi connectivity index (χ0v) is 18.4. The monoisotopic (exact) mass is 443 g/mol. The molecule has 3 aromatic rings. The third kappa shape index (κ3) is 6.67. The quantitative estimate of drug-likeness (QED) is 0.495. The highest BCUT2D eigenvalue weighted by Crippen LogP contribution is 2.20. The first-order valence-electron chi connectivity index (χ1n) is 9.78. The van der Waals surface area contributed by atoms with E-state index in [2.05, 4.69) is 27.2 Å². The normalized spacial score (nSPS) is 12.3. The van der Waals surface area contributed by atoms with Gasteiger partial charge in [0.2, 0.25) is 5.91 Å². The maximum Gasteiger partial charge on any atom is 0.263 e. The van der Waals surface area contributed by atoms with Gasteiger partial charge in [-0.15, -0.1) is 11.3 Å². The van der Waals surface area contributed by atoms with Crippen LogP contribution < -0.4 is 10.0 Å². The first-order valence-corrected chi connectivity index (χ1v) is 12.1. The zero-order valence-electron chi connectivity index (χ0n) is 16.7. The van der Waals surface area contributed by atoms with Crippen molar-refractivity contribution in [2.24, 2.45) is 0 Å². The molecule has 6 nitrogen and oxygen atoms in total. The summed E-state index contributed by atoms with van der Waals surface area (Å²) in [6.07, 6.45) is 2.56. The van der Waals surface area contributed by atoms with E-state index < -0.39 is 10.0 Å². The Morgan fingerprint density at radius 1 is 1.03 bits per heavy atom. The van der Waals surface area contributed by atoms with E-state index >= 15 is 0 Å². The number of amides is 1. The maximum absolute atomic E-state index is 12.4. The average molecular weight is 444 g/mol. The van der Waals surface area contributed by atoms with Crippen LogP contribution in [0.15, 0.2) is 70.9 Å². The summed E-state index contributed by atoms with van der Waals surface area (Å²) in [5, 5.41) is 5.08. The van der Waals surface area contributed by atoms with Crippen molar-refractivity contribution in [2.75, 3.05) is 4.72 Å². The van der Waals surface area contributed by atoms with Crippen molar-refractivity contribution >= 4 is 32.4 Å². The summed E-state index contributed by atoms with van der Waals surface area (Å²) in [5.41, 5.74) is 1.95. The lowest BCUT2D eigenvalue weighted by molar-refractivity contribution is -0.121. The molecule has 0 radical (unpaired) electrons. The lowest BCUT2D eigenvalue weighted by Crippen LogP contribution is -2.33. The summed E-state index contributed by atoms with van der Waals surface area (Å²) >= 11 is 1.21. The third-order valence-corrected chi connectivity index (χ3v) is 6.84. The van der Waals surface area contributed by atoms with Gasteiger partial charge in [0, 0.05) is 17.8 Å². The highest BCUT2D eigenvalue weighted by molar-refractivity contribution is 7.93. The molecule has 1 atom stereocenters. The fourth-order valence-corrected chi connectivity index (χ4v) is 4.95. The molecule has 30 heavy (non-hydrogen) atoms. The number of rotatable bonds is 10. The number of nitrogens with zero attached hydrogens (tertiary/aromatic N) is 1. The maximum atomic E-state index is 12.4. The van der Waals surface area contributed by atoms with Crippen molar-refractivity contribution in [3.63, 3.8) is 0 Å². The van der Waals surface area contributed by atoms with Gasteiger partial charge in [-0.1, -0.05) is 48.5 Å². The van der Waals surface area contributed by atoms with Crippen LogP contribution in [0.2, 0.25) is 0 Å². The molecule has 8 heteroatoms. The fourth-order valence-electron chi connectivity index (χ4n) is 2.93. The van der Waals surface area contributed by atoms with Crippen LogP contribution in [-0.2, 0) is 27.7 Å². The van der Waals surface area contributed by atoms with Crippen LogP contribution in [0.1, 0.15) is 31.0 Å². The molecule has 0 saturated carbocycles. The molecule has 0 aliphatic rings. The summed E-state index contributed by atoms with van der Waals surface area (Å²) in [7, 11) is -3.66. The number of hydrogen-bond acceptors (Lipinski definition) is 5. The zero-order chi connectivity index (χ0) is 21.4. The van der Waals surface area contributed by atoms with E-state index in [0.717, 1.165) is 12.8 Å². The number of carbonyl (C=O) groups excluding carboxylic acids is 1. The number of thiazole rings is 1. The van der Waals surface area contributed by atoms with Crippen LogP contribution in [0.4, 0.5) is 5.13 Å². The molecule has 2 N–H and O–H groups in total. The summed E-state index contributed by atoms with van der Waals surface area (Å²) in [6.45, 7) is 2.00. The van der Waals surface area contributed by atoms with Gasteiger partial charge < -0.3 is 5.32 Å². The van der Waals surface area contributed by atoms with Crippen LogP contribution in [0.25, 0.3) is 0 Å². The Bertz CT molecular complexity index is 1050. The van der Waals surface area contributed by atoms with Crippen molar-refractivity contribution in [1.82, 2.24) is 10.3 Å². The molecule has 0 aliphatic heterocycles. The predicted molar refractivity (Wildman–Crippen MR) is 120 cm³/mol.